The molecule has 2 aromatic rings. The van der Waals surface area contributed by atoms with E-state index in [1.165, 1.54) is 0 Å². The van der Waals surface area contributed by atoms with Gasteiger partial charge in [0, 0.05) is 45.0 Å². The highest BCUT2D eigenvalue weighted by molar-refractivity contribution is 6.42. The highest BCUT2D eigenvalue weighted by atomic mass is 35.5. The Balaban J connectivity index is 1.62. The number of hydrogen-bond donors (Lipinski definition) is 0. The normalized spacial score (nSPS) is 15.5. The lowest BCUT2D eigenvalue weighted by Crippen LogP contribution is -2.48. The molecule has 140 valence electrons. The van der Waals surface area contributed by atoms with Crippen LogP contribution < -0.4 is 0 Å². The molecule has 0 bridgehead atoms. The van der Waals surface area contributed by atoms with E-state index in [0.29, 0.717) is 10.0 Å². The van der Waals surface area contributed by atoms with Crippen LogP contribution in [0.4, 0.5) is 0 Å². The molecule has 1 aromatic heterocycles. The molecule has 1 aliphatic rings. The van der Waals surface area contributed by atoms with Gasteiger partial charge >= 0.3 is 0 Å². The Morgan fingerprint density at radius 3 is 2.38 bits per heavy atom. The van der Waals surface area contributed by atoms with Crippen LogP contribution in [0.2, 0.25) is 10.0 Å². The van der Waals surface area contributed by atoms with Crippen LogP contribution in [0.25, 0.3) is 0 Å². The van der Waals surface area contributed by atoms with Crippen LogP contribution in [0.3, 0.4) is 0 Å². The lowest BCUT2D eigenvalue weighted by Gasteiger charge is -2.35. The van der Waals surface area contributed by atoms with Gasteiger partial charge in [0.15, 0.2) is 0 Å². The number of amides is 1. The van der Waals surface area contributed by atoms with Crippen LogP contribution in [0.1, 0.15) is 34.2 Å². The fourth-order valence-electron chi connectivity index (χ4n) is 3.48. The molecule has 1 amide bonds. The van der Waals surface area contributed by atoms with Crippen LogP contribution in [0.5, 0.6) is 0 Å². The van der Waals surface area contributed by atoms with E-state index in [1.54, 1.807) is 0 Å². The lowest BCUT2D eigenvalue weighted by atomic mass is 10.1. The van der Waals surface area contributed by atoms with Crippen molar-refractivity contribution in [2.45, 2.75) is 33.9 Å². The van der Waals surface area contributed by atoms with Crippen molar-refractivity contribution in [1.29, 1.82) is 0 Å². The summed E-state index contributed by atoms with van der Waals surface area (Å²) in [7, 11) is 0. The third-order valence-electron chi connectivity index (χ3n) is 4.94. The van der Waals surface area contributed by atoms with E-state index in [4.69, 9.17) is 23.2 Å². The minimum absolute atomic E-state index is 0.0916. The Morgan fingerprint density at radius 2 is 1.81 bits per heavy atom. The zero-order valence-electron chi connectivity index (χ0n) is 15.4. The Bertz CT molecular complexity index is 810. The molecule has 0 aliphatic carbocycles. The maximum absolute atomic E-state index is 12.9. The summed E-state index contributed by atoms with van der Waals surface area (Å²) >= 11 is 12.1. The van der Waals surface area contributed by atoms with Crippen LogP contribution in [0, 0.1) is 13.8 Å². The number of hydrogen-bond acceptors (Lipinski definition) is 3. The molecular weight excluding hydrogens is 371 g/mol. The molecule has 1 aromatic carbocycles. The number of aryl methyl sites for hydroxylation is 2. The number of piperazine rings is 1. The maximum Gasteiger partial charge on any atom is 0.257 e. The van der Waals surface area contributed by atoms with Crippen molar-refractivity contribution in [3.63, 3.8) is 0 Å². The topological polar surface area (TPSA) is 41.4 Å². The van der Waals surface area contributed by atoms with Gasteiger partial charge in [-0.1, -0.05) is 29.3 Å². The first-order chi connectivity index (χ1) is 12.4. The van der Waals surface area contributed by atoms with Crippen molar-refractivity contribution in [3.05, 3.63) is 50.8 Å². The highest BCUT2D eigenvalue weighted by Crippen LogP contribution is 2.24. The lowest BCUT2D eigenvalue weighted by molar-refractivity contribution is 0.0627. The summed E-state index contributed by atoms with van der Waals surface area (Å²) in [6.45, 7) is 10.6. The van der Waals surface area contributed by atoms with Crippen molar-refractivity contribution in [2.24, 2.45) is 0 Å². The van der Waals surface area contributed by atoms with Gasteiger partial charge in [-0.2, -0.15) is 5.10 Å². The Morgan fingerprint density at radius 1 is 1.12 bits per heavy atom. The minimum atomic E-state index is 0.0916. The first-order valence-corrected chi connectivity index (χ1v) is 9.65. The predicted octanol–water partition coefficient (Wildman–Crippen LogP) is 3.78. The second-order valence-corrected chi connectivity index (χ2v) is 7.49. The Kier molecular flexibility index (Phi) is 5.90. The molecule has 0 saturated carbocycles. The fraction of sp³-hybridized carbons (Fsp3) is 0.474. The molecule has 1 saturated heterocycles. The summed E-state index contributed by atoms with van der Waals surface area (Å²) in [5.74, 6) is 0.0916. The van der Waals surface area contributed by atoms with Crippen LogP contribution in [-0.2, 0) is 13.1 Å². The molecule has 0 radical (unpaired) electrons. The smallest absolute Gasteiger partial charge is 0.257 e. The van der Waals surface area contributed by atoms with Crippen molar-refractivity contribution >= 4 is 29.1 Å². The second kappa shape index (κ2) is 7.99. The second-order valence-electron chi connectivity index (χ2n) is 6.68. The zero-order chi connectivity index (χ0) is 18.8. The average molecular weight is 395 g/mol. The third kappa shape index (κ3) is 3.90. The van der Waals surface area contributed by atoms with Crippen LogP contribution in [0.15, 0.2) is 18.2 Å². The van der Waals surface area contributed by atoms with E-state index in [2.05, 4.69) is 10.00 Å². The molecule has 0 N–H and O–H groups in total. The summed E-state index contributed by atoms with van der Waals surface area (Å²) in [5.41, 5.74) is 3.65. The highest BCUT2D eigenvalue weighted by Gasteiger charge is 2.26. The Hall–Kier alpha value is -1.56. The molecule has 1 aliphatic heterocycles. The van der Waals surface area contributed by atoms with E-state index in [9.17, 15) is 4.79 Å². The first kappa shape index (κ1) is 19.2. The molecule has 5 nitrogen and oxygen atoms in total. The summed E-state index contributed by atoms with van der Waals surface area (Å²) < 4.78 is 1.89. The van der Waals surface area contributed by atoms with Crippen LogP contribution >= 0.6 is 23.2 Å². The van der Waals surface area contributed by atoms with Gasteiger partial charge in [0.25, 0.3) is 5.91 Å². The zero-order valence-corrected chi connectivity index (χ0v) is 16.9. The molecule has 0 atom stereocenters. The monoisotopic (exact) mass is 394 g/mol. The molecule has 2 heterocycles. The Labute approximate surface area is 164 Å². The third-order valence-corrected chi connectivity index (χ3v) is 5.68. The predicted molar refractivity (Wildman–Crippen MR) is 105 cm³/mol. The van der Waals surface area contributed by atoms with Gasteiger partial charge in [0.1, 0.15) is 0 Å². The number of nitrogens with zero attached hydrogens (tertiary/aromatic N) is 4. The van der Waals surface area contributed by atoms with Gasteiger partial charge in [-0.3, -0.25) is 14.4 Å². The number of carbonyl (C=O) groups excluding carboxylic acids is 1. The minimum Gasteiger partial charge on any atom is -0.336 e. The van der Waals surface area contributed by atoms with Gasteiger partial charge in [0.2, 0.25) is 0 Å². The molecule has 3 rings (SSSR count). The summed E-state index contributed by atoms with van der Waals surface area (Å²) in [4.78, 5) is 17.2. The summed E-state index contributed by atoms with van der Waals surface area (Å²) in [6, 6.07) is 5.74. The molecule has 7 heteroatoms. The van der Waals surface area contributed by atoms with Gasteiger partial charge in [0.05, 0.1) is 21.3 Å². The van der Waals surface area contributed by atoms with Crippen molar-refractivity contribution in [1.82, 2.24) is 19.6 Å². The maximum atomic E-state index is 12.9. The van der Waals surface area contributed by atoms with E-state index < -0.39 is 0 Å². The van der Waals surface area contributed by atoms with E-state index in [-0.39, 0.29) is 5.91 Å². The van der Waals surface area contributed by atoms with Crippen molar-refractivity contribution in [2.75, 3.05) is 26.2 Å². The number of halogens is 2. The molecule has 1 fully saturated rings. The fourth-order valence-corrected chi connectivity index (χ4v) is 3.80. The summed E-state index contributed by atoms with van der Waals surface area (Å²) in [5, 5.41) is 5.62. The number of carbonyl (C=O) groups is 1. The molecular formula is C19H24Cl2N4O. The van der Waals surface area contributed by atoms with Crippen molar-refractivity contribution in [3.8, 4) is 0 Å². The number of rotatable bonds is 4. The van der Waals surface area contributed by atoms with Gasteiger partial charge in [-0.25, -0.2) is 0 Å². The van der Waals surface area contributed by atoms with Crippen LogP contribution in [-0.4, -0.2) is 51.7 Å². The van der Waals surface area contributed by atoms with Gasteiger partial charge in [-0.05, 0) is 38.5 Å². The number of benzene rings is 1. The van der Waals surface area contributed by atoms with Crippen molar-refractivity contribution < 1.29 is 4.79 Å². The quantitative estimate of drug-likeness (QED) is 0.791. The van der Waals surface area contributed by atoms with E-state index >= 15 is 0 Å². The molecule has 26 heavy (non-hydrogen) atoms. The molecule has 0 spiro atoms. The number of aromatic nitrogens is 2. The van der Waals surface area contributed by atoms with E-state index in [1.807, 2.05) is 48.6 Å². The largest absolute Gasteiger partial charge is 0.336 e. The summed E-state index contributed by atoms with van der Waals surface area (Å²) in [6.07, 6.45) is 0. The SMILES string of the molecule is CCn1nc(C)c(C(=O)N2CCN(Cc3ccc(Cl)c(Cl)c3)CC2)c1C. The van der Waals surface area contributed by atoms with E-state index in [0.717, 1.165) is 61.8 Å². The average Bonchev–Trinajstić information content (AvgIpc) is 2.92. The first-order valence-electron chi connectivity index (χ1n) is 8.90. The van der Waals surface area contributed by atoms with Gasteiger partial charge < -0.3 is 4.90 Å². The van der Waals surface area contributed by atoms with Gasteiger partial charge in [-0.15, -0.1) is 0 Å². The molecule has 0 unspecified atom stereocenters. The standard InChI is InChI=1S/C19H24Cl2N4O/c1-4-25-14(3)18(13(2)22-25)19(26)24-9-7-23(8-10-24)12-15-5-6-16(20)17(21)11-15/h5-6,11H,4,7-10,12H2,1-3H3.